The molecule has 1 amide bonds. The molecular formula is C20H20FNO4. The number of carbonyl (C=O) groups is 2. The molecule has 0 saturated carbocycles. The van der Waals surface area contributed by atoms with Gasteiger partial charge in [0.05, 0.1) is 22.9 Å². The maximum atomic E-state index is 13.8. The van der Waals surface area contributed by atoms with Crippen molar-refractivity contribution in [3.05, 3.63) is 65.0 Å². The Bertz CT molecular complexity index is 815. The Morgan fingerprint density at radius 1 is 1.19 bits per heavy atom. The summed E-state index contributed by atoms with van der Waals surface area (Å²) < 4.78 is 24.6. The van der Waals surface area contributed by atoms with Gasteiger partial charge in [0.2, 0.25) is 0 Å². The number of ether oxygens (including phenoxy) is 2. The molecule has 2 aromatic rings. The largest absolute Gasteiger partial charge is 0.459 e. The minimum atomic E-state index is -0.624. The van der Waals surface area contributed by atoms with Crippen molar-refractivity contribution in [3.8, 4) is 0 Å². The second-order valence-electron chi connectivity index (χ2n) is 6.16. The van der Waals surface area contributed by atoms with E-state index >= 15 is 0 Å². The van der Waals surface area contributed by atoms with Crippen molar-refractivity contribution in [2.75, 3.05) is 18.5 Å². The van der Waals surface area contributed by atoms with Crippen LogP contribution < -0.4 is 5.32 Å². The van der Waals surface area contributed by atoms with Crippen molar-refractivity contribution in [1.29, 1.82) is 0 Å². The lowest BCUT2D eigenvalue weighted by molar-refractivity contribution is 0.0162. The van der Waals surface area contributed by atoms with Gasteiger partial charge in [-0.3, -0.25) is 4.79 Å². The van der Waals surface area contributed by atoms with Crippen LogP contribution in [0.15, 0.2) is 42.5 Å². The third kappa shape index (κ3) is 4.08. The molecule has 26 heavy (non-hydrogen) atoms. The van der Waals surface area contributed by atoms with Gasteiger partial charge in [-0.25, -0.2) is 9.18 Å². The van der Waals surface area contributed by atoms with Gasteiger partial charge in [-0.05, 0) is 43.5 Å². The second kappa shape index (κ2) is 8.10. The first-order valence-corrected chi connectivity index (χ1v) is 8.50. The number of benzene rings is 2. The van der Waals surface area contributed by atoms with Crippen molar-refractivity contribution in [3.63, 3.8) is 0 Å². The van der Waals surface area contributed by atoms with Crippen molar-refractivity contribution in [2.24, 2.45) is 0 Å². The average Bonchev–Trinajstić information content (AvgIpc) is 3.15. The van der Waals surface area contributed by atoms with E-state index in [4.69, 9.17) is 9.47 Å². The standard InChI is InChI=1S/C20H20FNO4/c1-13-6-4-9-16(20(24)26-12-14-7-5-11-25-14)18(13)22-19(23)15-8-2-3-10-17(15)21/h2-4,6,8-10,14H,5,7,11-12H2,1H3,(H,22,23). The second-order valence-corrected chi connectivity index (χ2v) is 6.16. The Hall–Kier alpha value is -2.73. The smallest absolute Gasteiger partial charge is 0.340 e. The van der Waals surface area contributed by atoms with Gasteiger partial charge in [0.1, 0.15) is 12.4 Å². The molecule has 0 spiro atoms. The lowest BCUT2D eigenvalue weighted by atomic mass is 10.1. The van der Waals surface area contributed by atoms with E-state index in [2.05, 4.69) is 5.32 Å². The summed E-state index contributed by atoms with van der Waals surface area (Å²) in [5, 5.41) is 2.63. The minimum absolute atomic E-state index is 0.0831. The molecule has 0 aromatic heterocycles. The predicted molar refractivity (Wildman–Crippen MR) is 94.8 cm³/mol. The molecule has 1 atom stereocenters. The fourth-order valence-electron chi connectivity index (χ4n) is 2.85. The topological polar surface area (TPSA) is 64.6 Å². The SMILES string of the molecule is Cc1cccc(C(=O)OCC2CCCO2)c1NC(=O)c1ccccc1F. The van der Waals surface area contributed by atoms with Gasteiger partial charge in [-0.15, -0.1) is 0 Å². The number of anilines is 1. The first-order valence-electron chi connectivity index (χ1n) is 8.50. The van der Waals surface area contributed by atoms with Crippen molar-refractivity contribution < 1.29 is 23.5 Å². The third-order valence-electron chi connectivity index (χ3n) is 4.27. The normalized spacial score (nSPS) is 16.3. The van der Waals surface area contributed by atoms with E-state index in [1.165, 1.54) is 18.2 Å². The highest BCUT2D eigenvalue weighted by molar-refractivity contribution is 6.08. The summed E-state index contributed by atoms with van der Waals surface area (Å²) in [4.78, 5) is 24.9. The number of hydrogen-bond donors (Lipinski definition) is 1. The van der Waals surface area contributed by atoms with Gasteiger partial charge < -0.3 is 14.8 Å². The maximum absolute atomic E-state index is 13.8. The summed E-state index contributed by atoms with van der Waals surface area (Å²) in [6.45, 7) is 2.61. The van der Waals surface area contributed by atoms with Crippen LogP contribution in [0.2, 0.25) is 0 Å². The van der Waals surface area contributed by atoms with E-state index < -0.39 is 17.7 Å². The molecule has 2 aromatic carbocycles. The van der Waals surface area contributed by atoms with E-state index in [0.29, 0.717) is 17.9 Å². The molecule has 1 fully saturated rings. The molecule has 0 radical (unpaired) electrons. The highest BCUT2D eigenvalue weighted by atomic mass is 19.1. The van der Waals surface area contributed by atoms with Crippen molar-refractivity contribution in [2.45, 2.75) is 25.9 Å². The number of rotatable bonds is 5. The average molecular weight is 357 g/mol. The van der Waals surface area contributed by atoms with Gasteiger partial charge in [0.15, 0.2) is 0 Å². The number of carbonyl (C=O) groups excluding carboxylic acids is 2. The molecule has 1 N–H and O–H groups in total. The Morgan fingerprint density at radius 2 is 1.96 bits per heavy atom. The molecule has 0 aliphatic carbocycles. The number of para-hydroxylation sites is 1. The molecule has 1 aliphatic rings. The number of hydrogen-bond acceptors (Lipinski definition) is 4. The number of halogens is 1. The van der Waals surface area contributed by atoms with Crippen molar-refractivity contribution in [1.82, 2.24) is 0 Å². The minimum Gasteiger partial charge on any atom is -0.459 e. The molecule has 3 rings (SSSR count). The fraction of sp³-hybridized carbons (Fsp3) is 0.300. The fourth-order valence-corrected chi connectivity index (χ4v) is 2.85. The van der Waals surface area contributed by atoms with Gasteiger partial charge in [-0.2, -0.15) is 0 Å². The number of amides is 1. The summed E-state index contributed by atoms with van der Waals surface area (Å²) in [6.07, 6.45) is 1.73. The Morgan fingerprint density at radius 3 is 2.69 bits per heavy atom. The number of esters is 1. The van der Waals surface area contributed by atoms with Gasteiger partial charge in [-0.1, -0.05) is 24.3 Å². The molecule has 136 valence electrons. The monoisotopic (exact) mass is 357 g/mol. The van der Waals surface area contributed by atoms with Crippen molar-refractivity contribution >= 4 is 17.6 Å². The maximum Gasteiger partial charge on any atom is 0.340 e. The lowest BCUT2D eigenvalue weighted by Gasteiger charge is -2.15. The molecule has 6 heteroatoms. The summed E-state index contributed by atoms with van der Waals surface area (Å²) in [7, 11) is 0. The van der Waals surface area contributed by atoms with Crippen LogP contribution >= 0.6 is 0 Å². The third-order valence-corrected chi connectivity index (χ3v) is 4.27. The van der Waals surface area contributed by atoms with Crippen LogP contribution in [-0.2, 0) is 9.47 Å². The highest BCUT2D eigenvalue weighted by Gasteiger charge is 2.21. The molecular weight excluding hydrogens is 337 g/mol. The molecule has 1 unspecified atom stereocenters. The summed E-state index contributed by atoms with van der Waals surface area (Å²) in [5.74, 6) is -1.79. The zero-order chi connectivity index (χ0) is 18.5. The molecule has 5 nitrogen and oxygen atoms in total. The van der Waals surface area contributed by atoms with Crippen LogP contribution in [0, 0.1) is 12.7 Å². The summed E-state index contributed by atoms with van der Waals surface area (Å²) in [6, 6.07) is 10.7. The van der Waals surface area contributed by atoms with Crippen LogP contribution in [0.25, 0.3) is 0 Å². The van der Waals surface area contributed by atoms with Crippen LogP contribution in [-0.4, -0.2) is 31.2 Å². The number of aryl methyl sites for hydroxylation is 1. The van der Waals surface area contributed by atoms with E-state index in [0.717, 1.165) is 12.8 Å². The van der Waals surface area contributed by atoms with E-state index in [1.807, 2.05) is 0 Å². The van der Waals surface area contributed by atoms with Crippen LogP contribution in [0.3, 0.4) is 0 Å². The van der Waals surface area contributed by atoms with Crippen LogP contribution in [0.4, 0.5) is 10.1 Å². The lowest BCUT2D eigenvalue weighted by Crippen LogP contribution is -2.21. The quantitative estimate of drug-likeness (QED) is 0.829. The van der Waals surface area contributed by atoms with E-state index in [-0.39, 0.29) is 23.8 Å². The Kier molecular flexibility index (Phi) is 5.63. The van der Waals surface area contributed by atoms with Gasteiger partial charge in [0, 0.05) is 6.61 Å². The molecule has 0 bridgehead atoms. The van der Waals surface area contributed by atoms with Gasteiger partial charge in [0.25, 0.3) is 5.91 Å². The summed E-state index contributed by atoms with van der Waals surface area (Å²) in [5.41, 5.74) is 1.14. The Balaban J connectivity index is 1.77. The first-order chi connectivity index (χ1) is 12.6. The Labute approximate surface area is 151 Å². The zero-order valence-electron chi connectivity index (χ0n) is 14.5. The molecule has 1 saturated heterocycles. The molecule has 1 aliphatic heterocycles. The van der Waals surface area contributed by atoms with Crippen LogP contribution in [0.5, 0.6) is 0 Å². The summed E-state index contributed by atoms with van der Waals surface area (Å²) >= 11 is 0. The van der Waals surface area contributed by atoms with E-state index in [9.17, 15) is 14.0 Å². The van der Waals surface area contributed by atoms with Crippen LogP contribution in [0.1, 0.15) is 39.1 Å². The van der Waals surface area contributed by atoms with Gasteiger partial charge >= 0.3 is 5.97 Å². The first kappa shape index (κ1) is 18.1. The zero-order valence-corrected chi connectivity index (χ0v) is 14.5. The predicted octanol–water partition coefficient (Wildman–Crippen LogP) is 3.72. The van der Waals surface area contributed by atoms with E-state index in [1.54, 1.807) is 31.2 Å². The molecule has 1 heterocycles. The number of nitrogens with one attached hydrogen (secondary N) is 1. The highest BCUT2D eigenvalue weighted by Crippen LogP contribution is 2.23.